The molecule has 2 nitrogen and oxygen atoms in total. The van der Waals surface area contributed by atoms with Gasteiger partial charge in [0.1, 0.15) is 0 Å². The van der Waals surface area contributed by atoms with E-state index in [2.05, 4.69) is 81.4 Å². The molecule has 0 amide bonds. The van der Waals surface area contributed by atoms with Crippen LogP contribution in [-0.4, -0.2) is 21.3 Å². The maximum atomic E-state index is 6.91. The Labute approximate surface area is 154 Å². The Balaban J connectivity index is 2.50. The second-order valence-electron chi connectivity index (χ2n) is 6.51. The minimum atomic E-state index is -2.71. The average Bonchev–Trinajstić information content (AvgIpc) is 2.67. The van der Waals surface area contributed by atoms with Crippen LogP contribution in [-0.2, 0) is 8.85 Å². The Kier molecular flexibility index (Phi) is 8.39. The van der Waals surface area contributed by atoms with Crippen molar-refractivity contribution >= 4 is 18.9 Å². The Hall–Kier alpha value is -1.42. The van der Waals surface area contributed by atoms with Gasteiger partial charge in [0.25, 0.3) is 0 Å². The Bertz CT molecular complexity index is 540. The first-order chi connectivity index (χ1) is 12.3. The molecule has 25 heavy (non-hydrogen) atoms. The minimum absolute atomic E-state index is 0.249. The molecule has 0 heterocycles. The van der Waals surface area contributed by atoms with Gasteiger partial charge in [0.15, 0.2) is 0 Å². The van der Waals surface area contributed by atoms with Gasteiger partial charge < -0.3 is 8.85 Å². The Morgan fingerprint density at radius 1 is 0.720 bits per heavy atom. The third-order valence-electron chi connectivity index (χ3n) is 4.37. The van der Waals surface area contributed by atoms with Crippen molar-refractivity contribution in [2.24, 2.45) is 0 Å². The molecular weight excluding hydrogens is 324 g/mol. The van der Waals surface area contributed by atoms with Crippen LogP contribution in [0, 0.1) is 0 Å². The lowest BCUT2D eigenvalue weighted by Gasteiger charge is -2.35. The van der Waals surface area contributed by atoms with Crippen molar-refractivity contribution in [1.29, 1.82) is 0 Å². The zero-order valence-electron chi connectivity index (χ0n) is 15.9. The largest absolute Gasteiger partial charge is 0.407 e. The first kappa shape index (κ1) is 19.9. The van der Waals surface area contributed by atoms with Crippen molar-refractivity contribution in [2.45, 2.75) is 59.0 Å². The highest BCUT2D eigenvalue weighted by Crippen LogP contribution is 2.19. The highest BCUT2D eigenvalue weighted by Gasteiger charge is 2.44. The van der Waals surface area contributed by atoms with E-state index in [9.17, 15) is 0 Å². The van der Waals surface area contributed by atoms with E-state index in [0.717, 1.165) is 38.7 Å². The van der Waals surface area contributed by atoms with Crippen LogP contribution in [0.2, 0.25) is 0 Å². The van der Waals surface area contributed by atoms with E-state index >= 15 is 0 Å². The maximum Gasteiger partial charge on any atom is 0.407 e. The molecule has 0 aromatic heterocycles. The molecule has 0 atom stereocenters. The van der Waals surface area contributed by atoms with Gasteiger partial charge in [0.2, 0.25) is 0 Å². The van der Waals surface area contributed by atoms with Crippen molar-refractivity contribution in [3.8, 4) is 0 Å². The average molecular weight is 357 g/mol. The predicted octanol–water partition coefficient (Wildman–Crippen LogP) is 4.66. The van der Waals surface area contributed by atoms with Crippen molar-refractivity contribution in [2.75, 3.05) is 6.61 Å². The third kappa shape index (κ3) is 5.27. The van der Waals surface area contributed by atoms with Gasteiger partial charge in [0.05, 0.1) is 0 Å². The standard InChI is InChI=1S/C22H32O2Si/c1-4-13-20(14-5-2)24-25(23-19-6-3,21-15-9-7-10-16-21)22-17-11-8-12-18-22/h7-12,15-18,20H,4-6,13-14,19H2,1-3H3. The minimum Gasteiger partial charge on any atom is -0.388 e. The molecular formula is C22H32O2Si. The quantitative estimate of drug-likeness (QED) is 0.545. The van der Waals surface area contributed by atoms with Crippen LogP contribution in [0.4, 0.5) is 0 Å². The maximum absolute atomic E-state index is 6.91. The van der Waals surface area contributed by atoms with Crippen LogP contribution in [0.5, 0.6) is 0 Å². The lowest BCUT2D eigenvalue weighted by Crippen LogP contribution is -2.64. The summed E-state index contributed by atoms with van der Waals surface area (Å²) in [7, 11) is -2.71. The van der Waals surface area contributed by atoms with Crippen molar-refractivity contribution < 1.29 is 8.85 Å². The Morgan fingerprint density at radius 3 is 1.60 bits per heavy atom. The molecule has 0 aliphatic heterocycles. The summed E-state index contributed by atoms with van der Waals surface area (Å²) in [6.07, 6.45) is 5.66. The molecule has 3 heteroatoms. The van der Waals surface area contributed by atoms with E-state index < -0.39 is 8.56 Å². The summed E-state index contributed by atoms with van der Waals surface area (Å²) < 4.78 is 13.5. The lowest BCUT2D eigenvalue weighted by molar-refractivity contribution is 0.116. The van der Waals surface area contributed by atoms with E-state index in [1.807, 2.05) is 0 Å². The van der Waals surface area contributed by atoms with Crippen LogP contribution in [0.25, 0.3) is 0 Å². The fraction of sp³-hybridized carbons (Fsp3) is 0.455. The molecule has 0 saturated heterocycles. The lowest BCUT2D eigenvalue weighted by atomic mass is 10.1. The molecule has 0 unspecified atom stereocenters. The number of rotatable bonds is 11. The number of benzene rings is 2. The van der Waals surface area contributed by atoms with E-state index in [4.69, 9.17) is 8.85 Å². The molecule has 0 fully saturated rings. The summed E-state index contributed by atoms with van der Waals surface area (Å²) in [4.78, 5) is 0. The normalized spacial score (nSPS) is 11.8. The molecule has 2 aromatic rings. The van der Waals surface area contributed by atoms with Gasteiger partial charge in [-0.2, -0.15) is 0 Å². The van der Waals surface area contributed by atoms with Crippen LogP contribution in [0.15, 0.2) is 60.7 Å². The second kappa shape index (κ2) is 10.5. The van der Waals surface area contributed by atoms with E-state index in [1.165, 1.54) is 10.4 Å². The molecule has 0 bridgehead atoms. The zero-order chi connectivity index (χ0) is 18.0. The van der Waals surface area contributed by atoms with E-state index in [1.54, 1.807) is 0 Å². The van der Waals surface area contributed by atoms with Gasteiger partial charge in [0, 0.05) is 12.7 Å². The highest BCUT2D eigenvalue weighted by molar-refractivity contribution is 6.92. The second-order valence-corrected chi connectivity index (χ2v) is 9.43. The highest BCUT2D eigenvalue weighted by atomic mass is 28.4. The molecule has 2 aromatic carbocycles. The molecule has 0 aliphatic rings. The summed E-state index contributed by atoms with van der Waals surface area (Å²) in [6, 6.07) is 21.2. The summed E-state index contributed by atoms with van der Waals surface area (Å²) in [5.74, 6) is 0. The molecule has 2 rings (SSSR count). The molecule has 136 valence electrons. The van der Waals surface area contributed by atoms with Crippen LogP contribution >= 0.6 is 0 Å². The Morgan fingerprint density at radius 2 is 1.20 bits per heavy atom. The molecule has 0 N–H and O–H groups in total. The van der Waals surface area contributed by atoms with Gasteiger partial charge in [-0.05, 0) is 29.6 Å². The summed E-state index contributed by atoms with van der Waals surface area (Å²) in [5.41, 5.74) is 0. The summed E-state index contributed by atoms with van der Waals surface area (Å²) in [6.45, 7) is 7.34. The van der Waals surface area contributed by atoms with Crippen LogP contribution in [0.3, 0.4) is 0 Å². The SMILES string of the molecule is CCCO[Si](OC(CCC)CCC)(c1ccccc1)c1ccccc1. The van der Waals surface area contributed by atoms with Crippen molar-refractivity contribution in [3.05, 3.63) is 60.7 Å². The number of hydrogen-bond acceptors (Lipinski definition) is 2. The van der Waals surface area contributed by atoms with E-state index in [-0.39, 0.29) is 6.10 Å². The first-order valence-electron chi connectivity index (χ1n) is 9.69. The van der Waals surface area contributed by atoms with Crippen molar-refractivity contribution in [1.82, 2.24) is 0 Å². The molecule has 0 spiro atoms. The van der Waals surface area contributed by atoms with Crippen molar-refractivity contribution in [3.63, 3.8) is 0 Å². The van der Waals surface area contributed by atoms with Gasteiger partial charge in [-0.15, -0.1) is 0 Å². The molecule has 0 saturated carbocycles. The van der Waals surface area contributed by atoms with Crippen LogP contribution < -0.4 is 10.4 Å². The van der Waals surface area contributed by atoms with Crippen LogP contribution in [0.1, 0.15) is 52.9 Å². The molecule has 0 radical (unpaired) electrons. The zero-order valence-corrected chi connectivity index (χ0v) is 16.9. The summed E-state index contributed by atoms with van der Waals surface area (Å²) >= 11 is 0. The van der Waals surface area contributed by atoms with E-state index in [0.29, 0.717) is 0 Å². The third-order valence-corrected chi connectivity index (χ3v) is 7.83. The monoisotopic (exact) mass is 356 g/mol. The topological polar surface area (TPSA) is 18.5 Å². The smallest absolute Gasteiger partial charge is 0.388 e. The summed E-state index contributed by atoms with van der Waals surface area (Å²) in [5, 5.41) is 2.40. The molecule has 0 aliphatic carbocycles. The van der Waals surface area contributed by atoms with Gasteiger partial charge >= 0.3 is 8.56 Å². The van der Waals surface area contributed by atoms with Gasteiger partial charge in [-0.1, -0.05) is 94.3 Å². The first-order valence-corrected chi connectivity index (χ1v) is 11.5. The predicted molar refractivity (Wildman–Crippen MR) is 109 cm³/mol. The fourth-order valence-electron chi connectivity index (χ4n) is 3.21. The fourth-order valence-corrected chi connectivity index (χ4v) is 6.67. The van der Waals surface area contributed by atoms with Gasteiger partial charge in [-0.25, -0.2) is 0 Å². The van der Waals surface area contributed by atoms with Gasteiger partial charge in [-0.3, -0.25) is 0 Å². The number of hydrogen-bond donors (Lipinski definition) is 0.